The first-order valence-electron chi connectivity index (χ1n) is 10.4. The van der Waals surface area contributed by atoms with E-state index >= 15 is 0 Å². The minimum Gasteiger partial charge on any atom is -0.379 e. The predicted octanol–water partition coefficient (Wildman–Crippen LogP) is 2.52. The summed E-state index contributed by atoms with van der Waals surface area (Å²) in [5.74, 6) is -0.377. The van der Waals surface area contributed by atoms with E-state index in [1.54, 1.807) is 12.1 Å². The van der Waals surface area contributed by atoms with Gasteiger partial charge in [-0.25, -0.2) is 0 Å². The normalized spacial score (nSPS) is 17.4. The van der Waals surface area contributed by atoms with Crippen molar-refractivity contribution in [1.82, 2.24) is 4.90 Å². The largest absolute Gasteiger partial charge is 0.379 e. The maximum absolute atomic E-state index is 12.7. The van der Waals surface area contributed by atoms with E-state index in [4.69, 9.17) is 9.47 Å². The number of anilines is 2. The molecule has 0 bridgehead atoms. The molecule has 2 aliphatic rings. The second-order valence-electron chi connectivity index (χ2n) is 7.60. The molecule has 31 heavy (non-hydrogen) atoms. The number of carbonyl (C=O) groups excluding carboxylic acids is 1. The zero-order valence-corrected chi connectivity index (χ0v) is 17.3. The van der Waals surface area contributed by atoms with Gasteiger partial charge in [-0.3, -0.25) is 19.8 Å². The van der Waals surface area contributed by atoms with Gasteiger partial charge in [-0.2, -0.15) is 0 Å². The Morgan fingerprint density at radius 1 is 0.968 bits per heavy atom. The molecular formula is C22H26N4O5. The van der Waals surface area contributed by atoms with Crippen molar-refractivity contribution in [3.63, 3.8) is 0 Å². The fraction of sp³-hybridized carbons (Fsp3) is 0.409. The van der Waals surface area contributed by atoms with E-state index in [0.29, 0.717) is 37.7 Å². The lowest BCUT2D eigenvalue weighted by Gasteiger charge is -2.28. The van der Waals surface area contributed by atoms with E-state index in [2.05, 4.69) is 10.2 Å². The summed E-state index contributed by atoms with van der Waals surface area (Å²) >= 11 is 0. The van der Waals surface area contributed by atoms with Crippen LogP contribution >= 0.6 is 0 Å². The third-order valence-electron chi connectivity index (χ3n) is 5.51. The van der Waals surface area contributed by atoms with Gasteiger partial charge in [0.05, 0.1) is 31.4 Å². The van der Waals surface area contributed by atoms with Gasteiger partial charge in [-0.05, 0) is 29.8 Å². The lowest BCUT2D eigenvalue weighted by Crippen LogP contribution is -2.36. The molecule has 0 unspecified atom stereocenters. The Hall–Kier alpha value is -3.01. The van der Waals surface area contributed by atoms with Crippen LogP contribution in [0.5, 0.6) is 0 Å². The van der Waals surface area contributed by atoms with Gasteiger partial charge in [-0.1, -0.05) is 12.1 Å². The van der Waals surface area contributed by atoms with Crippen LogP contribution in [0.25, 0.3) is 0 Å². The van der Waals surface area contributed by atoms with Crippen molar-refractivity contribution in [3.8, 4) is 0 Å². The second-order valence-corrected chi connectivity index (χ2v) is 7.60. The highest BCUT2D eigenvalue weighted by atomic mass is 16.6. The van der Waals surface area contributed by atoms with Gasteiger partial charge < -0.3 is 19.7 Å². The van der Waals surface area contributed by atoms with Crippen LogP contribution in [-0.2, 0) is 16.0 Å². The summed E-state index contributed by atoms with van der Waals surface area (Å²) in [5.41, 5.74) is 2.50. The number of nitro groups is 1. The fourth-order valence-electron chi connectivity index (χ4n) is 3.80. The average Bonchev–Trinajstić information content (AvgIpc) is 2.81. The number of benzene rings is 2. The Kier molecular flexibility index (Phi) is 6.76. The van der Waals surface area contributed by atoms with E-state index in [0.717, 1.165) is 38.4 Å². The van der Waals surface area contributed by atoms with Crippen LogP contribution in [-0.4, -0.2) is 68.3 Å². The summed E-state index contributed by atoms with van der Waals surface area (Å²) in [5, 5.41) is 14.4. The molecule has 2 aromatic rings. The Labute approximate surface area is 180 Å². The van der Waals surface area contributed by atoms with Gasteiger partial charge in [-0.15, -0.1) is 0 Å². The molecule has 2 aliphatic heterocycles. The van der Waals surface area contributed by atoms with Gasteiger partial charge in [0.2, 0.25) is 0 Å². The third-order valence-corrected chi connectivity index (χ3v) is 5.51. The molecule has 2 fully saturated rings. The standard InChI is InChI=1S/C22H26N4O5/c27-22(23-19-4-1-17(2-5-19)16-24-7-11-30-12-8-24)18-3-6-20(21(15-18)26(28)29)25-9-13-31-14-10-25/h1-6,15H,7-14,16H2,(H,23,27). The van der Waals surface area contributed by atoms with Crippen LogP contribution in [0.2, 0.25) is 0 Å². The first-order chi connectivity index (χ1) is 15.1. The van der Waals surface area contributed by atoms with Gasteiger partial charge in [0.15, 0.2) is 0 Å². The average molecular weight is 426 g/mol. The van der Waals surface area contributed by atoms with Gasteiger partial charge in [0.25, 0.3) is 11.6 Å². The molecule has 164 valence electrons. The van der Waals surface area contributed by atoms with Crippen molar-refractivity contribution in [1.29, 1.82) is 0 Å². The fourth-order valence-corrected chi connectivity index (χ4v) is 3.80. The number of amides is 1. The Morgan fingerprint density at radius 2 is 1.61 bits per heavy atom. The van der Waals surface area contributed by atoms with Crippen molar-refractivity contribution in [2.24, 2.45) is 0 Å². The van der Waals surface area contributed by atoms with Crippen molar-refractivity contribution in [2.45, 2.75) is 6.54 Å². The number of nitrogens with zero attached hydrogens (tertiary/aromatic N) is 3. The van der Waals surface area contributed by atoms with Gasteiger partial charge >= 0.3 is 0 Å². The molecular weight excluding hydrogens is 400 g/mol. The van der Waals surface area contributed by atoms with Gasteiger partial charge in [0.1, 0.15) is 5.69 Å². The molecule has 4 rings (SSSR count). The monoisotopic (exact) mass is 426 g/mol. The van der Waals surface area contributed by atoms with E-state index < -0.39 is 4.92 Å². The molecule has 0 atom stereocenters. The first-order valence-corrected chi connectivity index (χ1v) is 10.4. The van der Waals surface area contributed by atoms with Crippen LogP contribution in [0.15, 0.2) is 42.5 Å². The SMILES string of the molecule is O=C(Nc1ccc(CN2CCOCC2)cc1)c1ccc(N2CCOCC2)c([N+](=O)[O-])c1. The van der Waals surface area contributed by atoms with Crippen molar-refractivity contribution in [2.75, 3.05) is 62.8 Å². The first kappa shape index (κ1) is 21.2. The number of carbonyl (C=O) groups is 1. The Balaban J connectivity index is 1.42. The van der Waals surface area contributed by atoms with Crippen molar-refractivity contribution < 1.29 is 19.2 Å². The van der Waals surface area contributed by atoms with Crippen LogP contribution < -0.4 is 10.2 Å². The van der Waals surface area contributed by atoms with E-state index in [1.165, 1.54) is 6.07 Å². The van der Waals surface area contributed by atoms with Crippen LogP contribution in [0.3, 0.4) is 0 Å². The number of hydrogen-bond acceptors (Lipinski definition) is 7. The van der Waals surface area contributed by atoms with E-state index in [1.807, 2.05) is 29.2 Å². The molecule has 9 heteroatoms. The molecule has 9 nitrogen and oxygen atoms in total. The lowest BCUT2D eigenvalue weighted by atomic mass is 10.1. The number of nitro benzene ring substituents is 1. The molecule has 0 spiro atoms. The summed E-state index contributed by atoms with van der Waals surface area (Å²) in [4.78, 5) is 28.1. The van der Waals surface area contributed by atoms with Crippen molar-refractivity contribution >= 4 is 23.0 Å². The van der Waals surface area contributed by atoms with Crippen LogP contribution in [0.4, 0.5) is 17.1 Å². The molecule has 1 N–H and O–H groups in total. The van der Waals surface area contributed by atoms with Crippen molar-refractivity contribution in [3.05, 3.63) is 63.7 Å². The third kappa shape index (κ3) is 5.38. The maximum Gasteiger partial charge on any atom is 0.293 e. The zero-order chi connectivity index (χ0) is 21.6. The Bertz CT molecular complexity index is 922. The number of hydrogen-bond donors (Lipinski definition) is 1. The van der Waals surface area contributed by atoms with Crippen LogP contribution in [0.1, 0.15) is 15.9 Å². The molecule has 2 saturated heterocycles. The number of morpholine rings is 2. The number of nitrogens with one attached hydrogen (secondary N) is 1. The topological polar surface area (TPSA) is 97.2 Å². The molecule has 2 heterocycles. The summed E-state index contributed by atoms with van der Waals surface area (Å²) in [6, 6.07) is 12.3. The minimum absolute atomic E-state index is 0.0737. The maximum atomic E-state index is 12.7. The quantitative estimate of drug-likeness (QED) is 0.560. The highest BCUT2D eigenvalue weighted by Crippen LogP contribution is 2.30. The van der Waals surface area contributed by atoms with E-state index in [9.17, 15) is 14.9 Å². The Morgan fingerprint density at radius 3 is 2.26 bits per heavy atom. The molecule has 2 aromatic carbocycles. The predicted molar refractivity (Wildman–Crippen MR) is 117 cm³/mol. The molecule has 1 amide bonds. The highest BCUT2D eigenvalue weighted by molar-refractivity contribution is 6.05. The number of ether oxygens (including phenoxy) is 2. The molecule has 0 saturated carbocycles. The van der Waals surface area contributed by atoms with Gasteiger partial charge in [0, 0.05) is 50.0 Å². The zero-order valence-electron chi connectivity index (χ0n) is 17.3. The summed E-state index contributed by atoms with van der Waals surface area (Å²) in [7, 11) is 0. The molecule has 0 aromatic heterocycles. The summed E-state index contributed by atoms with van der Waals surface area (Å²) in [6.07, 6.45) is 0. The minimum atomic E-state index is -0.442. The van der Waals surface area contributed by atoms with Crippen LogP contribution in [0, 0.1) is 10.1 Å². The lowest BCUT2D eigenvalue weighted by molar-refractivity contribution is -0.384. The van der Waals surface area contributed by atoms with E-state index in [-0.39, 0.29) is 17.2 Å². The molecule has 0 radical (unpaired) electrons. The smallest absolute Gasteiger partial charge is 0.293 e. The summed E-state index contributed by atoms with van der Waals surface area (Å²) in [6.45, 7) is 6.41. The molecule has 0 aliphatic carbocycles. The second kappa shape index (κ2) is 9.86. The summed E-state index contributed by atoms with van der Waals surface area (Å²) < 4.78 is 10.7. The highest BCUT2D eigenvalue weighted by Gasteiger charge is 2.23. The number of rotatable bonds is 6.